The molecular formula is C27H42N8O. The first-order chi connectivity index (χ1) is 17.2. The largest absolute Gasteiger partial charge is 0.384 e. The van der Waals surface area contributed by atoms with Crippen molar-refractivity contribution in [2.45, 2.75) is 51.9 Å². The van der Waals surface area contributed by atoms with Gasteiger partial charge in [0.05, 0.1) is 12.1 Å². The number of nitrogens with zero attached hydrogens (tertiary/aromatic N) is 6. The second-order valence-corrected chi connectivity index (χ2v) is 10.6. The van der Waals surface area contributed by atoms with Crippen LogP contribution in [0.1, 0.15) is 50.9 Å². The van der Waals surface area contributed by atoms with Crippen LogP contribution in [0.25, 0.3) is 0 Å². The topological polar surface area (TPSA) is 108 Å². The highest BCUT2D eigenvalue weighted by molar-refractivity contribution is 5.91. The van der Waals surface area contributed by atoms with E-state index in [0.717, 1.165) is 63.5 Å². The van der Waals surface area contributed by atoms with Gasteiger partial charge in [-0.15, -0.1) is 0 Å². The predicted octanol–water partition coefficient (Wildman–Crippen LogP) is 2.04. The molecule has 0 bridgehead atoms. The molecule has 2 saturated heterocycles. The number of piperazine rings is 2. The number of anilines is 2. The lowest BCUT2D eigenvalue weighted by Crippen LogP contribution is -2.54. The van der Waals surface area contributed by atoms with E-state index in [2.05, 4.69) is 57.3 Å². The first-order valence-electron chi connectivity index (χ1n) is 13.2. The maximum atomic E-state index is 14.6. The third-order valence-electron chi connectivity index (χ3n) is 7.68. The normalized spacial score (nSPS) is 20.6. The van der Waals surface area contributed by atoms with Crippen LogP contribution in [0.4, 0.5) is 11.6 Å². The van der Waals surface area contributed by atoms with Crippen LogP contribution < -0.4 is 11.5 Å². The van der Waals surface area contributed by atoms with E-state index in [4.69, 9.17) is 11.5 Å². The average Bonchev–Trinajstić information content (AvgIpc) is 2.87. The van der Waals surface area contributed by atoms with Crippen molar-refractivity contribution in [2.24, 2.45) is 0 Å². The van der Waals surface area contributed by atoms with Crippen molar-refractivity contribution in [3.8, 4) is 0 Å². The van der Waals surface area contributed by atoms with Crippen molar-refractivity contribution in [1.82, 2.24) is 29.6 Å². The number of hydrogen-bond donors (Lipinski definition) is 2. The summed E-state index contributed by atoms with van der Waals surface area (Å²) < 4.78 is 0. The summed E-state index contributed by atoms with van der Waals surface area (Å²) in [5.41, 5.74) is 13.6. The van der Waals surface area contributed by atoms with Crippen molar-refractivity contribution in [1.29, 1.82) is 0 Å². The standard InChI is InChI=1S/C27H42N8O/c1-19(2)32-9-13-34(14-10-32)25(21-5-7-23(28)30-17-21)27(36)26(22-6-8-24(29)31-18-22)35-15-11-33(12-16-35)20(3)4/h5-8,17-20,25-26H,9-16H2,1-4H3,(H2,28,30)(H2,29,31). The van der Waals surface area contributed by atoms with E-state index in [1.54, 1.807) is 24.5 Å². The fourth-order valence-electron chi connectivity index (χ4n) is 5.44. The Bertz CT molecular complexity index is 898. The number of nitrogen functional groups attached to an aromatic ring is 2. The van der Waals surface area contributed by atoms with Gasteiger partial charge in [0.25, 0.3) is 0 Å². The van der Waals surface area contributed by atoms with E-state index < -0.39 is 12.1 Å². The molecule has 0 amide bonds. The summed E-state index contributed by atoms with van der Waals surface area (Å²) in [5.74, 6) is 1.07. The lowest BCUT2D eigenvalue weighted by Gasteiger charge is -2.44. The number of Topliss-reactive ketones (excluding diaryl/α,β-unsaturated/α-hetero) is 1. The smallest absolute Gasteiger partial charge is 0.176 e. The van der Waals surface area contributed by atoms with Gasteiger partial charge < -0.3 is 11.5 Å². The summed E-state index contributed by atoms with van der Waals surface area (Å²) in [5, 5.41) is 0. The van der Waals surface area contributed by atoms with Crippen molar-refractivity contribution >= 4 is 17.4 Å². The highest BCUT2D eigenvalue weighted by Gasteiger charge is 2.39. The molecule has 0 aliphatic carbocycles. The molecule has 0 saturated carbocycles. The molecule has 4 N–H and O–H groups in total. The van der Waals surface area contributed by atoms with E-state index in [0.29, 0.717) is 23.7 Å². The van der Waals surface area contributed by atoms with E-state index in [9.17, 15) is 4.79 Å². The minimum absolute atomic E-state index is 0.157. The third-order valence-corrected chi connectivity index (χ3v) is 7.68. The molecule has 2 atom stereocenters. The second kappa shape index (κ2) is 11.6. The molecule has 0 radical (unpaired) electrons. The second-order valence-electron chi connectivity index (χ2n) is 10.6. The van der Waals surface area contributed by atoms with Gasteiger partial charge in [0.2, 0.25) is 0 Å². The van der Waals surface area contributed by atoms with Gasteiger partial charge >= 0.3 is 0 Å². The average molecular weight is 495 g/mol. The van der Waals surface area contributed by atoms with Crippen LogP contribution in [-0.2, 0) is 4.79 Å². The van der Waals surface area contributed by atoms with Crippen molar-refractivity contribution < 1.29 is 4.79 Å². The number of ketones is 1. The Morgan fingerprint density at radius 2 is 0.972 bits per heavy atom. The molecule has 2 aliphatic rings. The quantitative estimate of drug-likeness (QED) is 0.570. The Labute approximate surface area is 215 Å². The van der Waals surface area contributed by atoms with Gasteiger partial charge in [0.1, 0.15) is 11.6 Å². The fourth-order valence-corrected chi connectivity index (χ4v) is 5.44. The van der Waals surface area contributed by atoms with Crippen molar-refractivity contribution in [3.05, 3.63) is 47.8 Å². The zero-order chi connectivity index (χ0) is 25.8. The molecule has 2 fully saturated rings. The molecule has 0 aromatic carbocycles. The summed E-state index contributed by atoms with van der Waals surface area (Å²) in [6.45, 7) is 15.9. The highest BCUT2D eigenvalue weighted by Crippen LogP contribution is 2.33. The van der Waals surface area contributed by atoms with Gasteiger partial charge in [0, 0.05) is 76.8 Å². The van der Waals surface area contributed by atoms with Gasteiger partial charge in [0.15, 0.2) is 5.78 Å². The molecule has 36 heavy (non-hydrogen) atoms. The number of pyridine rings is 2. The molecule has 2 unspecified atom stereocenters. The molecule has 4 heterocycles. The molecule has 2 aromatic rings. The number of carbonyl (C=O) groups is 1. The third kappa shape index (κ3) is 6.03. The number of aromatic nitrogens is 2. The highest BCUT2D eigenvalue weighted by atomic mass is 16.1. The minimum atomic E-state index is -0.405. The van der Waals surface area contributed by atoms with Gasteiger partial charge in [-0.05, 0) is 51.0 Å². The molecular weight excluding hydrogens is 452 g/mol. The number of rotatable bonds is 8. The number of hydrogen-bond acceptors (Lipinski definition) is 9. The zero-order valence-electron chi connectivity index (χ0n) is 22.2. The Morgan fingerprint density at radius 3 is 1.25 bits per heavy atom. The molecule has 9 heteroatoms. The monoisotopic (exact) mass is 494 g/mol. The lowest BCUT2D eigenvalue weighted by atomic mass is 9.91. The maximum absolute atomic E-state index is 14.6. The van der Waals surface area contributed by atoms with Crippen LogP contribution in [0.15, 0.2) is 36.7 Å². The molecule has 196 valence electrons. The maximum Gasteiger partial charge on any atom is 0.176 e. The van der Waals surface area contributed by atoms with Crippen LogP contribution in [0.3, 0.4) is 0 Å². The molecule has 2 aromatic heterocycles. The Balaban J connectivity index is 1.67. The van der Waals surface area contributed by atoms with Gasteiger partial charge in [-0.2, -0.15) is 0 Å². The van der Waals surface area contributed by atoms with Gasteiger partial charge in [-0.25, -0.2) is 9.97 Å². The van der Waals surface area contributed by atoms with E-state index in [-0.39, 0.29) is 5.78 Å². The first-order valence-corrected chi connectivity index (χ1v) is 13.2. The Kier molecular flexibility index (Phi) is 8.56. The van der Waals surface area contributed by atoms with Gasteiger partial charge in [-0.3, -0.25) is 24.4 Å². The van der Waals surface area contributed by atoms with E-state index in [1.165, 1.54) is 0 Å². The number of carbonyl (C=O) groups excluding carboxylic acids is 1. The van der Waals surface area contributed by atoms with Crippen molar-refractivity contribution in [3.63, 3.8) is 0 Å². The SMILES string of the molecule is CC(C)N1CCN(C(C(=O)C(c2ccc(N)nc2)N2CCN(C(C)C)CC2)c2ccc(N)nc2)CC1. The van der Waals surface area contributed by atoms with Crippen LogP contribution in [0.2, 0.25) is 0 Å². The molecule has 4 rings (SSSR count). The van der Waals surface area contributed by atoms with Crippen molar-refractivity contribution in [2.75, 3.05) is 63.8 Å². The summed E-state index contributed by atoms with van der Waals surface area (Å²) in [6, 6.07) is 7.66. The molecule has 2 aliphatic heterocycles. The van der Waals surface area contributed by atoms with E-state index >= 15 is 0 Å². The fraction of sp³-hybridized carbons (Fsp3) is 0.593. The molecule has 0 spiro atoms. The zero-order valence-corrected chi connectivity index (χ0v) is 22.2. The predicted molar refractivity (Wildman–Crippen MR) is 144 cm³/mol. The Hall–Kier alpha value is -2.59. The van der Waals surface area contributed by atoms with Gasteiger partial charge in [-0.1, -0.05) is 12.1 Å². The summed E-state index contributed by atoms with van der Waals surface area (Å²) in [7, 11) is 0. The van der Waals surface area contributed by atoms with Crippen LogP contribution in [-0.4, -0.2) is 99.8 Å². The van der Waals surface area contributed by atoms with E-state index in [1.807, 2.05) is 12.1 Å². The first kappa shape index (κ1) is 26.5. The summed E-state index contributed by atoms with van der Waals surface area (Å²) in [6.07, 6.45) is 3.53. The lowest BCUT2D eigenvalue weighted by molar-refractivity contribution is -0.132. The Morgan fingerprint density at radius 1 is 0.639 bits per heavy atom. The number of nitrogens with two attached hydrogens (primary N) is 2. The van der Waals surface area contributed by atoms with Crippen LogP contribution in [0, 0.1) is 0 Å². The van der Waals surface area contributed by atoms with Crippen LogP contribution in [0.5, 0.6) is 0 Å². The van der Waals surface area contributed by atoms with Crippen LogP contribution >= 0.6 is 0 Å². The minimum Gasteiger partial charge on any atom is -0.384 e. The molecule has 9 nitrogen and oxygen atoms in total. The summed E-state index contributed by atoms with van der Waals surface area (Å²) >= 11 is 0. The summed E-state index contributed by atoms with van der Waals surface area (Å²) in [4.78, 5) is 32.9.